The molecule has 2 N–H and O–H groups in total. The van der Waals surface area contributed by atoms with E-state index in [0.29, 0.717) is 6.54 Å². The van der Waals surface area contributed by atoms with Crippen LogP contribution in [0.1, 0.15) is 17.8 Å². The standard InChI is InChI=1S/C12H18N4O4/c1-8-6-9(2)16(15-8)5-4-11(18)20-7-10(17)14-12(19)13-3/h6H,4-5,7H2,1-3H3,(H2,13,14,17,19). The highest BCUT2D eigenvalue weighted by Crippen LogP contribution is 2.03. The van der Waals surface area contributed by atoms with E-state index in [1.165, 1.54) is 7.05 Å². The molecule has 0 aromatic carbocycles. The van der Waals surface area contributed by atoms with Crippen molar-refractivity contribution in [2.24, 2.45) is 0 Å². The molecule has 8 nitrogen and oxygen atoms in total. The summed E-state index contributed by atoms with van der Waals surface area (Å²) in [5, 5.41) is 8.41. The number of hydrogen-bond donors (Lipinski definition) is 2. The summed E-state index contributed by atoms with van der Waals surface area (Å²) in [6.45, 7) is 3.66. The fourth-order valence-electron chi connectivity index (χ4n) is 1.54. The van der Waals surface area contributed by atoms with E-state index in [0.717, 1.165) is 11.4 Å². The molecule has 3 amide bonds. The molecule has 0 saturated heterocycles. The molecule has 20 heavy (non-hydrogen) atoms. The van der Waals surface area contributed by atoms with Gasteiger partial charge in [0.1, 0.15) is 0 Å². The Bertz CT molecular complexity index is 510. The lowest BCUT2D eigenvalue weighted by Crippen LogP contribution is -2.39. The zero-order valence-electron chi connectivity index (χ0n) is 11.7. The lowest BCUT2D eigenvalue weighted by molar-refractivity contribution is -0.148. The van der Waals surface area contributed by atoms with E-state index < -0.39 is 24.5 Å². The third-order valence-corrected chi connectivity index (χ3v) is 2.48. The maximum atomic E-state index is 11.5. The highest BCUT2D eigenvalue weighted by atomic mass is 16.5. The van der Waals surface area contributed by atoms with Crippen LogP contribution in [0, 0.1) is 13.8 Å². The van der Waals surface area contributed by atoms with Crippen LogP contribution in [0.25, 0.3) is 0 Å². The first-order chi connectivity index (χ1) is 9.42. The number of nitrogens with one attached hydrogen (secondary N) is 2. The molecule has 8 heteroatoms. The molecule has 0 fully saturated rings. The van der Waals surface area contributed by atoms with Crippen LogP contribution in [0.15, 0.2) is 6.07 Å². The van der Waals surface area contributed by atoms with Gasteiger partial charge in [-0.25, -0.2) is 4.79 Å². The van der Waals surface area contributed by atoms with Gasteiger partial charge in [0, 0.05) is 12.7 Å². The van der Waals surface area contributed by atoms with E-state index in [-0.39, 0.29) is 6.42 Å². The maximum Gasteiger partial charge on any atom is 0.321 e. The molecular weight excluding hydrogens is 264 g/mol. The predicted molar refractivity (Wildman–Crippen MR) is 69.9 cm³/mol. The Hall–Kier alpha value is -2.38. The molecule has 110 valence electrons. The zero-order valence-corrected chi connectivity index (χ0v) is 11.7. The fourth-order valence-corrected chi connectivity index (χ4v) is 1.54. The lowest BCUT2D eigenvalue weighted by Gasteiger charge is -2.06. The molecule has 0 aliphatic heterocycles. The average molecular weight is 282 g/mol. The maximum absolute atomic E-state index is 11.5. The van der Waals surface area contributed by atoms with Crippen LogP contribution in [0.2, 0.25) is 0 Å². The van der Waals surface area contributed by atoms with Crippen LogP contribution in [-0.4, -0.2) is 41.3 Å². The summed E-state index contributed by atoms with van der Waals surface area (Å²) in [5.41, 5.74) is 1.83. The van der Waals surface area contributed by atoms with Crippen molar-refractivity contribution in [1.29, 1.82) is 0 Å². The monoisotopic (exact) mass is 282 g/mol. The second kappa shape index (κ2) is 7.27. The van der Waals surface area contributed by atoms with Crippen LogP contribution >= 0.6 is 0 Å². The highest BCUT2D eigenvalue weighted by Gasteiger charge is 2.10. The third-order valence-electron chi connectivity index (χ3n) is 2.48. The van der Waals surface area contributed by atoms with E-state index in [1.807, 2.05) is 25.2 Å². The quantitative estimate of drug-likeness (QED) is 0.733. The number of aryl methyl sites for hydroxylation is 3. The fraction of sp³-hybridized carbons (Fsp3) is 0.500. The molecule has 1 aromatic heterocycles. The number of imide groups is 1. The van der Waals surface area contributed by atoms with Crippen molar-refractivity contribution < 1.29 is 19.1 Å². The van der Waals surface area contributed by atoms with Gasteiger partial charge in [-0.15, -0.1) is 0 Å². The third kappa shape index (κ3) is 5.09. The van der Waals surface area contributed by atoms with Gasteiger partial charge in [0.05, 0.1) is 18.7 Å². The molecule has 0 aliphatic carbocycles. The van der Waals surface area contributed by atoms with E-state index in [2.05, 4.69) is 10.4 Å². The minimum absolute atomic E-state index is 0.106. The summed E-state index contributed by atoms with van der Waals surface area (Å²) in [6.07, 6.45) is 0.106. The molecule has 0 radical (unpaired) electrons. The Balaban J connectivity index is 2.29. The van der Waals surface area contributed by atoms with Gasteiger partial charge >= 0.3 is 12.0 Å². The van der Waals surface area contributed by atoms with Gasteiger partial charge < -0.3 is 10.1 Å². The van der Waals surface area contributed by atoms with Crippen LogP contribution in [0.3, 0.4) is 0 Å². The zero-order chi connectivity index (χ0) is 15.1. The number of rotatable bonds is 5. The van der Waals surface area contributed by atoms with Crippen molar-refractivity contribution in [2.75, 3.05) is 13.7 Å². The van der Waals surface area contributed by atoms with Gasteiger partial charge in [0.2, 0.25) is 0 Å². The largest absolute Gasteiger partial charge is 0.456 e. The normalized spacial score (nSPS) is 9.95. The van der Waals surface area contributed by atoms with E-state index in [4.69, 9.17) is 4.74 Å². The summed E-state index contributed by atoms with van der Waals surface area (Å²) in [6, 6.07) is 1.26. The van der Waals surface area contributed by atoms with Crippen molar-refractivity contribution in [2.45, 2.75) is 26.8 Å². The minimum atomic E-state index is -0.677. The van der Waals surface area contributed by atoms with Gasteiger partial charge in [-0.2, -0.15) is 5.10 Å². The molecule has 1 heterocycles. The summed E-state index contributed by atoms with van der Waals surface area (Å²) in [5.74, 6) is -1.20. The minimum Gasteiger partial charge on any atom is -0.456 e. The molecule has 0 aliphatic rings. The van der Waals surface area contributed by atoms with Gasteiger partial charge in [-0.1, -0.05) is 0 Å². The Morgan fingerprint density at radius 2 is 2.05 bits per heavy atom. The highest BCUT2D eigenvalue weighted by molar-refractivity contribution is 5.95. The smallest absolute Gasteiger partial charge is 0.321 e. The van der Waals surface area contributed by atoms with Crippen molar-refractivity contribution >= 4 is 17.9 Å². The summed E-state index contributed by atoms with van der Waals surface area (Å²) >= 11 is 0. The summed E-state index contributed by atoms with van der Waals surface area (Å²) in [7, 11) is 1.38. The molecule has 0 unspecified atom stereocenters. The van der Waals surface area contributed by atoms with Crippen molar-refractivity contribution in [3.05, 3.63) is 17.5 Å². The van der Waals surface area contributed by atoms with Gasteiger partial charge in [-0.05, 0) is 19.9 Å². The van der Waals surface area contributed by atoms with E-state index in [9.17, 15) is 14.4 Å². The van der Waals surface area contributed by atoms with Crippen LogP contribution in [-0.2, 0) is 20.9 Å². The number of amides is 3. The summed E-state index contributed by atoms with van der Waals surface area (Å²) in [4.78, 5) is 33.5. The molecule has 0 spiro atoms. The summed E-state index contributed by atoms with van der Waals surface area (Å²) < 4.78 is 6.44. The van der Waals surface area contributed by atoms with Crippen LogP contribution in [0.4, 0.5) is 4.79 Å². The van der Waals surface area contributed by atoms with E-state index in [1.54, 1.807) is 4.68 Å². The Kier molecular flexibility index (Phi) is 5.70. The first-order valence-corrected chi connectivity index (χ1v) is 6.10. The molecule has 0 saturated carbocycles. The van der Waals surface area contributed by atoms with Crippen molar-refractivity contribution in [3.63, 3.8) is 0 Å². The molecule has 1 rings (SSSR count). The van der Waals surface area contributed by atoms with E-state index >= 15 is 0 Å². The number of hydrogen-bond acceptors (Lipinski definition) is 5. The lowest BCUT2D eigenvalue weighted by atomic mass is 10.4. The van der Waals surface area contributed by atoms with Crippen LogP contribution < -0.4 is 10.6 Å². The van der Waals surface area contributed by atoms with Crippen molar-refractivity contribution in [3.8, 4) is 0 Å². The van der Waals surface area contributed by atoms with Gasteiger partial charge in [0.25, 0.3) is 5.91 Å². The molecular formula is C12H18N4O4. The number of urea groups is 1. The molecule has 0 bridgehead atoms. The SMILES string of the molecule is CNC(=O)NC(=O)COC(=O)CCn1nc(C)cc1C. The first-order valence-electron chi connectivity index (χ1n) is 6.10. The number of ether oxygens (including phenoxy) is 1. The topological polar surface area (TPSA) is 102 Å². The van der Waals surface area contributed by atoms with Gasteiger partial charge in [-0.3, -0.25) is 19.6 Å². The number of carbonyl (C=O) groups excluding carboxylic acids is 3. The van der Waals surface area contributed by atoms with Crippen molar-refractivity contribution in [1.82, 2.24) is 20.4 Å². The number of nitrogens with zero attached hydrogens (tertiary/aromatic N) is 2. The van der Waals surface area contributed by atoms with Gasteiger partial charge in [0.15, 0.2) is 6.61 Å². The average Bonchev–Trinajstić information content (AvgIpc) is 2.72. The number of aromatic nitrogens is 2. The Labute approximate surface area is 116 Å². The van der Waals surface area contributed by atoms with Crippen LogP contribution in [0.5, 0.6) is 0 Å². The second-order valence-electron chi connectivity index (χ2n) is 4.19. The number of carbonyl (C=O) groups is 3. The second-order valence-corrected chi connectivity index (χ2v) is 4.19. The Morgan fingerprint density at radius 3 is 2.60 bits per heavy atom. The molecule has 1 aromatic rings. The Morgan fingerprint density at radius 1 is 1.35 bits per heavy atom. The molecule has 0 atom stereocenters. The predicted octanol–water partition coefficient (Wildman–Crippen LogP) is -0.111. The first kappa shape index (κ1) is 15.7. The number of esters is 1.